The molecule has 2 aromatic carbocycles. The Hall–Kier alpha value is -4.39. The Bertz CT molecular complexity index is 1550. The zero-order valence-electron chi connectivity index (χ0n) is 22.9. The highest BCUT2D eigenvalue weighted by Crippen LogP contribution is 2.30. The van der Waals surface area contributed by atoms with E-state index in [0.29, 0.717) is 61.2 Å². The molecular weight excluding hydrogens is 549 g/mol. The normalized spacial score (nSPS) is 15.9. The van der Waals surface area contributed by atoms with Gasteiger partial charge in [0, 0.05) is 57.1 Å². The Balaban J connectivity index is 1.26. The summed E-state index contributed by atoms with van der Waals surface area (Å²) in [6.45, 7) is 4.94. The SMILES string of the molecule is O=C1CCCN1CCn1cnc2c(NCc3cccc(C(F)(F)F)c3)nc(Nc3ccc(N4CCOCC4)cc3)nc21. The Labute approximate surface area is 240 Å². The van der Waals surface area contributed by atoms with Gasteiger partial charge in [0.2, 0.25) is 11.9 Å². The summed E-state index contributed by atoms with van der Waals surface area (Å²) in [5, 5.41) is 6.42. The molecule has 4 aromatic rings. The first-order chi connectivity index (χ1) is 20.3. The third-order valence-electron chi connectivity index (χ3n) is 7.46. The van der Waals surface area contributed by atoms with Crippen molar-refractivity contribution in [2.24, 2.45) is 0 Å². The van der Waals surface area contributed by atoms with Gasteiger partial charge in [0.1, 0.15) is 0 Å². The minimum atomic E-state index is -4.43. The number of imidazole rings is 1. The molecule has 4 heterocycles. The minimum absolute atomic E-state index is 0.110. The van der Waals surface area contributed by atoms with E-state index in [0.717, 1.165) is 49.6 Å². The molecule has 1 amide bonds. The minimum Gasteiger partial charge on any atom is -0.378 e. The molecule has 0 bridgehead atoms. The number of nitrogens with one attached hydrogen (secondary N) is 2. The lowest BCUT2D eigenvalue weighted by Crippen LogP contribution is -2.36. The molecule has 2 aliphatic heterocycles. The van der Waals surface area contributed by atoms with Crippen LogP contribution in [-0.4, -0.2) is 69.7 Å². The van der Waals surface area contributed by atoms with Crippen LogP contribution < -0.4 is 15.5 Å². The van der Waals surface area contributed by atoms with Crippen LogP contribution in [0.15, 0.2) is 54.9 Å². The molecule has 2 aliphatic rings. The van der Waals surface area contributed by atoms with Crippen LogP contribution in [0, 0.1) is 0 Å². The van der Waals surface area contributed by atoms with Gasteiger partial charge >= 0.3 is 6.18 Å². The molecule has 0 spiro atoms. The highest BCUT2D eigenvalue weighted by molar-refractivity contribution is 5.85. The Morgan fingerprint density at radius 1 is 0.976 bits per heavy atom. The molecule has 42 heavy (non-hydrogen) atoms. The van der Waals surface area contributed by atoms with Crippen LogP contribution in [0.1, 0.15) is 24.0 Å². The lowest BCUT2D eigenvalue weighted by molar-refractivity contribution is -0.137. The van der Waals surface area contributed by atoms with Gasteiger partial charge in [-0.25, -0.2) is 4.98 Å². The number of carbonyl (C=O) groups excluding carboxylic acids is 1. The number of benzene rings is 2. The molecule has 2 fully saturated rings. The number of carbonyl (C=O) groups is 1. The van der Waals surface area contributed by atoms with E-state index in [2.05, 4.69) is 25.5 Å². The fourth-order valence-corrected chi connectivity index (χ4v) is 5.21. The monoisotopic (exact) mass is 580 g/mol. The first kappa shape index (κ1) is 27.8. The molecule has 0 atom stereocenters. The van der Waals surface area contributed by atoms with Crippen LogP contribution in [-0.2, 0) is 28.8 Å². The number of likely N-dealkylation sites (tertiary alicyclic amines) is 1. The highest BCUT2D eigenvalue weighted by atomic mass is 19.4. The quantitative estimate of drug-likeness (QED) is 0.295. The van der Waals surface area contributed by atoms with Crippen LogP contribution >= 0.6 is 0 Å². The van der Waals surface area contributed by atoms with E-state index in [1.807, 2.05) is 33.7 Å². The number of morpholine rings is 1. The van der Waals surface area contributed by atoms with Gasteiger partial charge in [-0.3, -0.25) is 4.79 Å². The number of amides is 1. The van der Waals surface area contributed by atoms with E-state index < -0.39 is 11.7 Å². The summed E-state index contributed by atoms with van der Waals surface area (Å²) in [5.41, 5.74) is 2.66. The van der Waals surface area contributed by atoms with Gasteiger partial charge in [0.25, 0.3) is 0 Å². The molecule has 0 unspecified atom stereocenters. The van der Waals surface area contributed by atoms with Crippen molar-refractivity contribution in [3.8, 4) is 0 Å². The van der Waals surface area contributed by atoms with E-state index >= 15 is 0 Å². The number of hydrogen-bond donors (Lipinski definition) is 2. The Morgan fingerprint density at radius 2 is 1.79 bits per heavy atom. The maximum Gasteiger partial charge on any atom is 0.416 e. The summed E-state index contributed by atoms with van der Waals surface area (Å²) in [6, 6.07) is 13.1. The topological polar surface area (TPSA) is 100 Å². The fraction of sp³-hybridized carbons (Fsp3) is 0.379. The smallest absolute Gasteiger partial charge is 0.378 e. The average Bonchev–Trinajstić information content (AvgIpc) is 3.60. The number of hydrogen-bond acceptors (Lipinski definition) is 8. The van der Waals surface area contributed by atoms with Gasteiger partial charge < -0.3 is 29.7 Å². The standard InChI is InChI=1S/C29H31F3N8O2/c30-29(31,32)21-4-1-3-20(17-21)18-33-26-25-27(40(19-34-25)12-11-39-10-2-5-24(39)41)37-28(36-26)35-22-6-8-23(9-7-22)38-13-15-42-16-14-38/h1,3-4,6-9,17,19H,2,5,10-16,18H2,(H2,33,35,36,37). The van der Waals surface area contributed by atoms with Crippen molar-refractivity contribution >= 4 is 40.2 Å². The number of aromatic nitrogens is 4. The number of fused-ring (bicyclic) bond motifs is 1. The van der Waals surface area contributed by atoms with Crippen LogP contribution in [0.4, 0.5) is 36.3 Å². The van der Waals surface area contributed by atoms with Gasteiger partial charge in [-0.05, 0) is 48.4 Å². The van der Waals surface area contributed by atoms with Gasteiger partial charge in [0.05, 0.1) is 25.1 Å². The van der Waals surface area contributed by atoms with E-state index in [-0.39, 0.29) is 12.5 Å². The molecule has 0 aliphatic carbocycles. The molecule has 2 N–H and O–H groups in total. The molecular formula is C29H31F3N8O2. The van der Waals surface area contributed by atoms with Crippen LogP contribution in [0.2, 0.25) is 0 Å². The van der Waals surface area contributed by atoms with Gasteiger partial charge in [-0.15, -0.1) is 0 Å². The summed E-state index contributed by atoms with van der Waals surface area (Å²) >= 11 is 0. The summed E-state index contributed by atoms with van der Waals surface area (Å²) in [4.78, 5) is 30.1. The summed E-state index contributed by atoms with van der Waals surface area (Å²) in [6.07, 6.45) is -1.36. The first-order valence-corrected chi connectivity index (χ1v) is 13.9. The predicted octanol–water partition coefficient (Wildman–Crippen LogP) is 4.66. The second-order valence-electron chi connectivity index (χ2n) is 10.3. The zero-order valence-corrected chi connectivity index (χ0v) is 22.9. The maximum absolute atomic E-state index is 13.2. The van der Waals surface area contributed by atoms with Crippen molar-refractivity contribution in [2.75, 3.05) is 54.9 Å². The molecule has 0 radical (unpaired) electrons. The number of nitrogens with zero attached hydrogens (tertiary/aromatic N) is 6. The van der Waals surface area contributed by atoms with Gasteiger partial charge in [-0.2, -0.15) is 23.1 Å². The van der Waals surface area contributed by atoms with E-state index in [1.54, 1.807) is 12.4 Å². The lowest BCUT2D eigenvalue weighted by Gasteiger charge is -2.28. The number of halogens is 3. The maximum atomic E-state index is 13.2. The molecule has 10 nitrogen and oxygen atoms in total. The van der Waals surface area contributed by atoms with Crippen LogP contribution in [0.5, 0.6) is 0 Å². The summed E-state index contributed by atoms with van der Waals surface area (Å²) < 4.78 is 47.0. The van der Waals surface area contributed by atoms with Crippen LogP contribution in [0.25, 0.3) is 11.2 Å². The van der Waals surface area contributed by atoms with Crippen molar-refractivity contribution in [3.63, 3.8) is 0 Å². The molecule has 2 saturated heterocycles. The number of alkyl halides is 3. The second-order valence-corrected chi connectivity index (χ2v) is 10.3. The molecule has 220 valence electrons. The zero-order chi connectivity index (χ0) is 29.1. The van der Waals surface area contributed by atoms with E-state index in [4.69, 9.17) is 9.72 Å². The third kappa shape index (κ3) is 6.25. The largest absolute Gasteiger partial charge is 0.416 e. The summed E-state index contributed by atoms with van der Waals surface area (Å²) in [5.74, 6) is 0.841. The summed E-state index contributed by atoms with van der Waals surface area (Å²) in [7, 11) is 0. The lowest BCUT2D eigenvalue weighted by atomic mass is 10.1. The Morgan fingerprint density at radius 3 is 2.52 bits per heavy atom. The van der Waals surface area contributed by atoms with Crippen molar-refractivity contribution in [2.45, 2.75) is 32.1 Å². The number of ether oxygens (including phenoxy) is 1. The number of anilines is 4. The Kier molecular flexibility index (Phi) is 7.83. The van der Waals surface area contributed by atoms with Crippen molar-refractivity contribution in [3.05, 3.63) is 66.0 Å². The number of rotatable bonds is 9. The van der Waals surface area contributed by atoms with Crippen LogP contribution in [0.3, 0.4) is 0 Å². The van der Waals surface area contributed by atoms with Crippen molar-refractivity contribution in [1.29, 1.82) is 0 Å². The van der Waals surface area contributed by atoms with E-state index in [9.17, 15) is 18.0 Å². The molecule has 0 saturated carbocycles. The fourth-order valence-electron chi connectivity index (χ4n) is 5.21. The molecule has 2 aromatic heterocycles. The highest BCUT2D eigenvalue weighted by Gasteiger charge is 2.30. The van der Waals surface area contributed by atoms with Gasteiger partial charge in [0.15, 0.2) is 17.0 Å². The first-order valence-electron chi connectivity index (χ1n) is 13.9. The van der Waals surface area contributed by atoms with Crippen molar-refractivity contribution < 1.29 is 22.7 Å². The average molecular weight is 581 g/mol. The van der Waals surface area contributed by atoms with E-state index in [1.165, 1.54) is 6.07 Å². The second kappa shape index (κ2) is 11.8. The predicted molar refractivity (Wildman–Crippen MR) is 153 cm³/mol. The van der Waals surface area contributed by atoms with Gasteiger partial charge in [-0.1, -0.05) is 12.1 Å². The molecule has 6 rings (SSSR count). The van der Waals surface area contributed by atoms with Crippen molar-refractivity contribution in [1.82, 2.24) is 24.4 Å². The molecule has 13 heteroatoms. The third-order valence-corrected chi connectivity index (χ3v) is 7.46.